The maximum Gasteiger partial charge on any atom is 0.339 e. The van der Waals surface area contributed by atoms with E-state index in [0.29, 0.717) is 32.7 Å². The number of nitrogens with zero attached hydrogens (tertiary/aromatic N) is 6. The van der Waals surface area contributed by atoms with Gasteiger partial charge in [0.25, 0.3) is 0 Å². The number of aromatic hydroxyl groups is 2. The summed E-state index contributed by atoms with van der Waals surface area (Å²) in [6, 6.07) is 37.9. The lowest BCUT2D eigenvalue weighted by Crippen LogP contribution is -2.47. The van der Waals surface area contributed by atoms with Crippen molar-refractivity contribution in [3.05, 3.63) is 164 Å². The van der Waals surface area contributed by atoms with Crippen molar-refractivity contribution < 1.29 is 30.0 Å². The molecule has 6 heterocycles. The molecule has 14 nitrogen and oxygen atoms in total. The molecule has 4 aliphatic rings. The first-order valence-corrected chi connectivity index (χ1v) is 25.8. The highest BCUT2D eigenvalue weighted by Gasteiger charge is 2.28. The minimum absolute atomic E-state index is 0.0407. The summed E-state index contributed by atoms with van der Waals surface area (Å²) >= 11 is 3.61. The highest BCUT2D eigenvalue weighted by atomic mass is 32.1. The van der Waals surface area contributed by atoms with Gasteiger partial charge in [0.1, 0.15) is 44.3 Å². The largest absolute Gasteiger partial charge is 0.507 e. The van der Waals surface area contributed by atoms with E-state index in [0.717, 1.165) is 86.8 Å². The molecule has 8 aromatic rings. The summed E-state index contributed by atoms with van der Waals surface area (Å²) < 4.78 is 0. The Morgan fingerprint density at radius 1 is 0.534 bits per heavy atom. The van der Waals surface area contributed by atoms with E-state index in [-0.39, 0.29) is 17.5 Å². The maximum atomic E-state index is 11.6. The molecular formula is C57H56N8O6S2. The second kappa shape index (κ2) is 20.8. The van der Waals surface area contributed by atoms with Crippen LogP contribution in [0.1, 0.15) is 52.7 Å². The van der Waals surface area contributed by atoms with E-state index in [1.807, 2.05) is 0 Å². The Morgan fingerprint density at radius 2 is 0.904 bits per heavy atom. The number of carboxylic acids is 2. The van der Waals surface area contributed by atoms with Crippen LogP contribution in [0.5, 0.6) is 11.5 Å². The third-order valence-corrected chi connectivity index (χ3v) is 15.6. The standard InChI is InChI=1S/C23H16O6.2C17H20N4S/c24-20-16(14-7-3-1-5-12(14)9-18(20)22(26)27)11-17-15-8-4-2-6-13(15)10-19(21(17)25)23(28)29;2*1-12-11-13-16(21-9-7-20(2)8-10-21)18-14-5-3-4-6-15(14)19-17(13)22-12/h1-10,24-25H,11H2,(H,26,27)(H,28,29);2*3-6,11,19H,7-10H2,1-2H3. The zero-order valence-corrected chi connectivity index (χ0v) is 42.6. The average molecular weight is 1010 g/mol. The fourth-order valence-electron chi connectivity index (χ4n) is 9.70. The molecule has 6 aromatic carbocycles. The van der Waals surface area contributed by atoms with Crippen molar-refractivity contribution in [2.45, 2.75) is 20.3 Å². The lowest BCUT2D eigenvalue weighted by molar-refractivity contribution is 0.0682. The number of thiophene rings is 2. The van der Waals surface area contributed by atoms with Crippen molar-refractivity contribution in [3.8, 4) is 11.5 Å². The molecule has 0 bridgehead atoms. The summed E-state index contributed by atoms with van der Waals surface area (Å²) in [6.07, 6.45) is -0.0407. The van der Waals surface area contributed by atoms with E-state index in [1.165, 1.54) is 43.0 Å². The molecule has 6 N–H and O–H groups in total. The molecule has 2 saturated heterocycles. The third-order valence-electron chi connectivity index (χ3n) is 13.6. The molecule has 16 heteroatoms. The number of likely N-dealkylation sites (N-methyl/N-ethyl adjacent to an activating group) is 2. The molecule has 0 aliphatic carbocycles. The Labute approximate surface area is 431 Å². The molecular weight excluding hydrogens is 957 g/mol. The number of aliphatic imine (C=N–C) groups is 2. The molecule has 0 radical (unpaired) electrons. The van der Waals surface area contributed by atoms with Gasteiger partial charge >= 0.3 is 11.9 Å². The normalized spacial score (nSPS) is 15.3. The van der Waals surface area contributed by atoms with Crippen LogP contribution >= 0.6 is 22.7 Å². The molecule has 12 rings (SSSR count). The van der Waals surface area contributed by atoms with Crippen LogP contribution in [0.4, 0.5) is 32.8 Å². The van der Waals surface area contributed by atoms with Crippen LogP contribution in [0, 0.1) is 13.8 Å². The van der Waals surface area contributed by atoms with Gasteiger partial charge in [-0.15, -0.1) is 22.7 Å². The van der Waals surface area contributed by atoms with E-state index in [1.54, 1.807) is 71.2 Å². The average Bonchev–Trinajstić information content (AvgIpc) is 3.85. The number of carbonyl (C=O) groups is 2. The van der Waals surface area contributed by atoms with Crippen molar-refractivity contribution in [2.75, 3.05) is 77.1 Å². The number of piperazine rings is 2. The van der Waals surface area contributed by atoms with Crippen molar-refractivity contribution in [1.82, 2.24) is 19.6 Å². The summed E-state index contributed by atoms with van der Waals surface area (Å²) in [7, 11) is 4.37. The summed E-state index contributed by atoms with van der Waals surface area (Å²) in [4.78, 5) is 45.5. The Hall–Kier alpha value is -7.76. The van der Waals surface area contributed by atoms with Gasteiger partial charge in [-0.1, -0.05) is 72.8 Å². The predicted molar refractivity (Wildman–Crippen MR) is 296 cm³/mol. The highest BCUT2D eigenvalue weighted by Crippen LogP contribution is 2.42. The Bertz CT molecular complexity index is 3250. The van der Waals surface area contributed by atoms with E-state index >= 15 is 0 Å². The predicted octanol–water partition coefficient (Wildman–Crippen LogP) is 11.3. The molecule has 73 heavy (non-hydrogen) atoms. The minimum atomic E-state index is -1.28. The third kappa shape index (κ3) is 10.2. The Balaban J connectivity index is 0.000000127. The van der Waals surface area contributed by atoms with Crippen LogP contribution in [0.2, 0.25) is 0 Å². The number of phenols is 2. The van der Waals surface area contributed by atoms with Crippen LogP contribution in [0.25, 0.3) is 21.5 Å². The van der Waals surface area contributed by atoms with E-state index in [9.17, 15) is 30.0 Å². The summed E-state index contributed by atoms with van der Waals surface area (Å²) in [5.74, 6) is -1.12. The van der Waals surface area contributed by atoms with Crippen molar-refractivity contribution in [1.29, 1.82) is 0 Å². The van der Waals surface area contributed by atoms with Gasteiger partial charge in [-0.3, -0.25) is 0 Å². The molecule has 0 atom stereocenters. The molecule has 2 aromatic heterocycles. The second-order valence-corrected chi connectivity index (χ2v) is 21.2. The number of para-hydroxylation sites is 4. The van der Waals surface area contributed by atoms with Gasteiger partial charge in [0.15, 0.2) is 0 Å². The topological polar surface area (TPSA) is 177 Å². The number of amidine groups is 2. The number of hydrogen-bond acceptors (Lipinski definition) is 14. The van der Waals surface area contributed by atoms with Crippen LogP contribution in [-0.2, 0) is 6.42 Å². The summed E-state index contributed by atoms with van der Waals surface area (Å²) in [5.41, 5.74) is 6.83. The number of hydrogen-bond donors (Lipinski definition) is 6. The molecule has 4 aliphatic heterocycles. The van der Waals surface area contributed by atoms with Gasteiger partial charge in [-0.25, -0.2) is 19.6 Å². The fourth-order valence-corrected chi connectivity index (χ4v) is 11.5. The summed E-state index contributed by atoms with van der Waals surface area (Å²) in [6.45, 7) is 12.8. The minimum Gasteiger partial charge on any atom is -0.507 e. The van der Waals surface area contributed by atoms with Gasteiger partial charge in [0, 0.05) is 79.7 Å². The number of aryl methyl sites for hydroxylation is 2. The van der Waals surface area contributed by atoms with E-state index in [4.69, 9.17) is 9.98 Å². The zero-order valence-electron chi connectivity index (χ0n) is 41.0. The maximum absolute atomic E-state index is 11.6. The van der Waals surface area contributed by atoms with Crippen LogP contribution in [0.3, 0.4) is 0 Å². The SMILES string of the molecule is Cc1cc2c(s1)Nc1ccccc1N=C2N1CCN(C)CC1.Cc1cc2c(s1)Nc1ccccc1N=C2N1CCN(C)CC1.O=C(O)c1cc2ccccc2c(Cc2c(O)c(C(=O)O)cc3ccccc23)c1O. The number of anilines is 4. The number of carboxylic acid groups (broad SMARTS) is 2. The van der Waals surface area contributed by atoms with Gasteiger partial charge < -0.3 is 50.7 Å². The summed E-state index contributed by atoms with van der Waals surface area (Å²) in [5, 5.41) is 52.4. The smallest absolute Gasteiger partial charge is 0.339 e. The van der Waals surface area contributed by atoms with Crippen LogP contribution < -0.4 is 10.6 Å². The van der Waals surface area contributed by atoms with Gasteiger partial charge in [0.2, 0.25) is 0 Å². The number of fused-ring (bicyclic) bond motifs is 6. The first kappa shape index (κ1) is 48.8. The molecule has 0 spiro atoms. The van der Waals surface area contributed by atoms with Gasteiger partial charge in [-0.05, 0) is 98.0 Å². The van der Waals surface area contributed by atoms with Gasteiger partial charge in [-0.2, -0.15) is 0 Å². The van der Waals surface area contributed by atoms with E-state index in [2.05, 4.69) is 119 Å². The lowest BCUT2D eigenvalue weighted by Gasteiger charge is -2.34. The monoisotopic (exact) mass is 1010 g/mol. The van der Waals surface area contributed by atoms with Crippen molar-refractivity contribution >= 4 is 101 Å². The van der Waals surface area contributed by atoms with Crippen molar-refractivity contribution in [2.24, 2.45) is 9.98 Å². The van der Waals surface area contributed by atoms with Gasteiger partial charge in [0.05, 0.1) is 33.9 Å². The quantitative estimate of drug-likeness (QED) is 0.0985. The molecule has 2 fully saturated rings. The second-order valence-electron chi connectivity index (χ2n) is 18.7. The number of aromatic carboxylic acids is 2. The first-order valence-electron chi connectivity index (χ1n) is 24.2. The molecule has 0 amide bonds. The number of benzene rings is 6. The number of rotatable bonds is 4. The van der Waals surface area contributed by atoms with Crippen LogP contribution in [-0.4, -0.2) is 130 Å². The molecule has 372 valence electrons. The molecule has 0 unspecified atom stereocenters. The zero-order chi connectivity index (χ0) is 50.9. The van der Waals surface area contributed by atoms with Crippen molar-refractivity contribution in [3.63, 3.8) is 0 Å². The Morgan fingerprint density at radius 3 is 1.30 bits per heavy atom. The molecule has 0 saturated carbocycles. The first-order chi connectivity index (χ1) is 35.3. The highest BCUT2D eigenvalue weighted by molar-refractivity contribution is 7.17. The van der Waals surface area contributed by atoms with E-state index < -0.39 is 23.4 Å². The fraction of sp³-hybridized carbons (Fsp3) is 0.228. The lowest BCUT2D eigenvalue weighted by atomic mass is 9.90. The Kier molecular flexibility index (Phi) is 13.9. The van der Waals surface area contributed by atoms with Crippen LogP contribution in [0.15, 0.2) is 131 Å². The number of nitrogens with one attached hydrogen (secondary N) is 2.